The number of carbonyl (C=O) groups excluding carboxylic acids is 4. The number of carbonyl (C=O) groups is 4. The highest BCUT2D eigenvalue weighted by Crippen LogP contribution is 2.22. The molecule has 0 spiro atoms. The molecule has 2 aliphatic rings. The lowest BCUT2D eigenvalue weighted by molar-refractivity contribution is -0.150. The second kappa shape index (κ2) is 14.7. The zero-order chi connectivity index (χ0) is 29.1. The third-order valence-electron chi connectivity index (χ3n) is 6.77. The Labute approximate surface area is 234 Å². The first-order valence-electron chi connectivity index (χ1n) is 13.0. The maximum Gasteiger partial charge on any atom is 0.335 e. The number of hydrogen-bond acceptors (Lipinski definition) is 8. The Kier molecular flexibility index (Phi) is 11.1. The van der Waals surface area contributed by atoms with Crippen molar-refractivity contribution < 1.29 is 38.1 Å². The molecule has 2 amide bonds. The van der Waals surface area contributed by atoms with Crippen molar-refractivity contribution in [3.05, 3.63) is 71.4 Å². The van der Waals surface area contributed by atoms with E-state index >= 15 is 0 Å². The molecule has 0 aliphatic carbocycles. The van der Waals surface area contributed by atoms with E-state index in [-0.39, 0.29) is 29.7 Å². The Morgan fingerprint density at radius 2 is 1.32 bits per heavy atom. The molecule has 1 fully saturated rings. The van der Waals surface area contributed by atoms with Crippen LogP contribution in [0, 0.1) is 5.92 Å². The molecular formula is C30H36N2O8. The molecule has 2 aromatic carbocycles. The van der Waals surface area contributed by atoms with Crippen molar-refractivity contribution in [3.63, 3.8) is 0 Å². The number of rotatable bonds is 8. The normalized spacial score (nSPS) is 16.8. The number of likely N-dealkylation sites (tertiary alicyclic amines) is 1. The summed E-state index contributed by atoms with van der Waals surface area (Å²) in [6.45, 7) is 1.37. The zero-order valence-corrected chi connectivity index (χ0v) is 23.4. The first-order valence-corrected chi connectivity index (χ1v) is 13.0. The summed E-state index contributed by atoms with van der Waals surface area (Å²) < 4.78 is 19.6. The van der Waals surface area contributed by atoms with E-state index in [2.05, 4.69) is 0 Å². The van der Waals surface area contributed by atoms with E-state index < -0.39 is 0 Å². The van der Waals surface area contributed by atoms with Gasteiger partial charge in [-0.15, -0.1) is 0 Å². The lowest BCUT2D eigenvalue weighted by atomic mass is 9.97. The number of benzene rings is 2. The smallest absolute Gasteiger partial charge is 0.335 e. The van der Waals surface area contributed by atoms with Crippen LogP contribution >= 0.6 is 0 Å². The Morgan fingerprint density at radius 3 is 1.85 bits per heavy atom. The Balaban J connectivity index is 0.000000220. The molecule has 1 unspecified atom stereocenters. The molecule has 1 atom stereocenters. The van der Waals surface area contributed by atoms with Crippen LogP contribution in [0.25, 0.3) is 0 Å². The lowest BCUT2D eigenvalue weighted by Crippen LogP contribution is -2.42. The molecule has 1 saturated heterocycles. The largest absolute Gasteiger partial charge is 0.497 e. The van der Waals surface area contributed by atoms with Gasteiger partial charge in [-0.1, -0.05) is 24.3 Å². The monoisotopic (exact) mass is 552 g/mol. The number of esters is 2. The molecule has 10 heteroatoms. The summed E-state index contributed by atoms with van der Waals surface area (Å²) in [5.74, 6) is 0.815. The minimum Gasteiger partial charge on any atom is -0.497 e. The van der Waals surface area contributed by atoms with Gasteiger partial charge in [-0.05, 0) is 48.2 Å². The third kappa shape index (κ3) is 8.33. The van der Waals surface area contributed by atoms with Gasteiger partial charge in [0.05, 0.1) is 46.5 Å². The number of hydrogen-bond donors (Lipinski definition) is 0. The Morgan fingerprint density at radius 1 is 0.750 bits per heavy atom. The van der Waals surface area contributed by atoms with Crippen molar-refractivity contribution in [1.29, 1.82) is 0 Å². The fourth-order valence-corrected chi connectivity index (χ4v) is 4.44. The van der Waals surface area contributed by atoms with E-state index in [4.69, 9.17) is 18.9 Å². The zero-order valence-electron chi connectivity index (χ0n) is 23.4. The van der Waals surface area contributed by atoms with Crippen LogP contribution in [0.2, 0.25) is 0 Å². The van der Waals surface area contributed by atoms with Gasteiger partial charge in [0.2, 0.25) is 11.8 Å². The van der Waals surface area contributed by atoms with E-state index in [1.165, 1.54) is 14.2 Å². The molecule has 0 aromatic heterocycles. The third-order valence-corrected chi connectivity index (χ3v) is 6.77. The van der Waals surface area contributed by atoms with Crippen molar-refractivity contribution >= 4 is 23.8 Å². The van der Waals surface area contributed by atoms with Crippen LogP contribution < -0.4 is 9.47 Å². The minimum atomic E-state index is -0.378. The summed E-state index contributed by atoms with van der Waals surface area (Å²) in [4.78, 5) is 50.2. The predicted molar refractivity (Wildman–Crippen MR) is 146 cm³/mol. The van der Waals surface area contributed by atoms with Crippen molar-refractivity contribution in [2.24, 2.45) is 5.92 Å². The van der Waals surface area contributed by atoms with Gasteiger partial charge in [-0.25, -0.2) is 4.79 Å². The molecule has 0 radical (unpaired) electrons. The highest BCUT2D eigenvalue weighted by molar-refractivity contribution is 5.92. The maximum atomic E-state index is 11.9. The molecular weight excluding hydrogens is 516 g/mol. The van der Waals surface area contributed by atoms with Crippen LogP contribution in [0.3, 0.4) is 0 Å². The molecule has 214 valence electrons. The van der Waals surface area contributed by atoms with Gasteiger partial charge in [-0.2, -0.15) is 0 Å². The van der Waals surface area contributed by atoms with Crippen LogP contribution in [0.5, 0.6) is 11.5 Å². The van der Waals surface area contributed by atoms with Gasteiger partial charge >= 0.3 is 11.9 Å². The highest BCUT2D eigenvalue weighted by atomic mass is 16.5. The number of amides is 2. The molecule has 2 aromatic rings. The summed E-state index contributed by atoms with van der Waals surface area (Å²) in [6, 6.07) is 15.0. The quantitative estimate of drug-likeness (QED) is 0.458. The van der Waals surface area contributed by atoms with Crippen LogP contribution in [0.4, 0.5) is 0 Å². The van der Waals surface area contributed by atoms with Gasteiger partial charge in [-0.3, -0.25) is 14.4 Å². The van der Waals surface area contributed by atoms with Crippen molar-refractivity contribution in [1.82, 2.24) is 9.80 Å². The fourth-order valence-electron chi connectivity index (χ4n) is 4.44. The lowest BCUT2D eigenvalue weighted by Gasteiger charge is -2.31. The molecule has 2 aliphatic heterocycles. The van der Waals surface area contributed by atoms with E-state index in [0.717, 1.165) is 22.6 Å². The Hall–Kier alpha value is -4.34. The van der Waals surface area contributed by atoms with Gasteiger partial charge in [0.1, 0.15) is 11.5 Å². The first-order chi connectivity index (χ1) is 19.3. The van der Waals surface area contributed by atoms with E-state index in [1.807, 2.05) is 48.5 Å². The summed E-state index contributed by atoms with van der Waals surface area (Å²) >= 11 is 0. The van der Waals surface area contributed by atoms with Gasteiger partial charge in [0.15, 0.2) is 0 Å². The maximum absolute atomic E-state index is 11.9. The number of methoxy groups -OCH3 is 4. The van der Waals surface area contributed by atoms with E-state index in [0.29, 0.717) is 50.9 Å². The first kappa shape index (κ1) is 30.2. The summed E-state index contributed by atoms with van der Waals surface area (Å²) in [6.07, 6.45) is 3.32. The molecule has 10 nitrogen and oxygen atoms in total. The number of ether oxygens (including phenoxy) is 4. The molecule has 0 saturated carbocycles. The number of piperidine rings is 1. The average Bonchev–Trinajstić information content (AvgIpc) is 2.99. The minimum absolute atomic E-state index is 0.00784. The second-order valence-corrected chi connectivity index (χ2v) is 9.40. The molecule has 0 bridgehead atoms. The molecule has 4 rings (SSSR count). The van der Waals surface area contributed by atoms with Crippen LogP contribution in [0.1, 0.15) is 36.8 Å². The molecule has 40 heavy (non-hydrogen) atoms. The predicted octanol–water partition coefficient (Wildman–Crippen LogP) is 3.48. The SMILES string of the molecule is COC(=O)C1=CN(Cc2ccc(OC)cc2)C(=O)CC1.COC(=O)C1CCC(=O)N(Cc2ccc(OC)cc2)C1. The number of nitrogens with zero attached hydrogens (tertiary/aromatic N) is 2. The van der Waals surface area contributed by atoms with Crippen molar-refractivity contribution in [3.8, 4) is 11.5 Å². The van der Waals surface area contributed by atoms with E-state index in [1.54, 1.807) is 30.2 Å². The van der Waals surface area contributed by atoms with Gasteiger partial charge < -0.3 is 28.7 Å². The van der Waals surface area contributed by atoms with Gasteiger partial charge in [0, 0.05) is 32.1 Å². The molecule has 2 heterocycles. The van der Waals surface area contributed by atoms with Crippen LogP contribution in [0.15, 0.2) is 60.3 Å². The van der Waals surface area contributed by atoms with Crippen molar-refractivity contribution in [2.75, 3.05) is 35.0 Å². The standard InChI is InChI=1S/C15H19NO4.C15H17NO4/c2*1-19-13-6-3-11(4-7-13)9-16-10-12(15(18)20-2)5-8-14(16)17/h3-4,6-7,12H,5,8-10H2,1-2H3;3-4,6-7,10H,5,8-9H2,1-2H3. The van der Waals surface area contributed by atoms with Crippen LogP contribution in [-0.4, -0.2) is 68.5 Å². The fraction of sp³-hybridized carbons (Fsp3) is 0.400. The van der Waals surface area contributed by atoms with E-state index in [9.17, 15) is 19.2 Å². The summed E-state index contributed by atoms with van der Waals surface area (Å²) in [5, 5.41) is 0. The highest BCUT2D eigenvalue weighted by Gasteiger charge is 2.30. The van der Waals surface area contributed by atoms with Gasteiger partial charge in [0.25, 0.3) is 0 Å². The second-order valence-electron chi connectivity index (χ2n) is 9.40. The summed E-state index contributed by atoms with van der Waals surface area (Å²) in [7, 11) is 5.94. The van der Waals surface area contributed by atoms with Crippen molar-refractivity contribution in [2.45, 2.75) is 38.8 Å². The molecule has 0 N–H and O–H groups in total. The average molecular weight is 553 g/mol. The Bertz CT molecular complexity index is 1210. The topological polar surface area (TPSA) is 112 Å². The summed E-state index contributed by atoms with van der Waals surface area (Å²) in [5.41, 5.74) is 2.52. The van der Waals surface area contributed by atoms with Crippen LogP contribution in [-0.2, 0) is 41.7 Å².